The number of carbonyl (C=O) groups is 1. The molecule has 0 spiro atoms. The molecule has 0 aliphatic rings. The number of hydrogen-bond acceptors (Lipinski definition) is 5. The van der Waals surface area contributed by atoms with Crippen molar-refractivity contribution in [1.82, 2.24) is 0 Å². The summed E-state index contributed by atoms with van der Waals surface area (Å²) in [6.07, 6.45) is -0.775. The van der Waals surface area contributed by atoms with Crippen LogP contribution in [0.4, 0.5) is 5.69 Å². The largest absolute Gasteiger partial charge is 0.490 e. The first-order valence-electron chi connectivity index (χ1n) is 7.72. The molecule has 0 aliphatic carbocycles. The number of nitrogens with zero attached hydrogens (tertiary/aromatic N) is 2. The van der Waals surface area contributed by atoms with Crippen LogP contribution in [-0.2, 0) is 4.79 Å². The Morgan fingerprint density at radius 1 is 1.08 bits per heavy atom. The van der Waals surface area contributed by atoms with Crippen LogP contribution in [0.2, 0.25) is 0 Å². The minimum Gasteiger partial charge on any atom is -0.490 e. The molecule has 1 atom stereocenters. The second kappa shape index (κ2) is 8.37. The van der Waals surface area contributed by atoms with E-state index >= 15 is 0 Å². The Morgan fingerprint density at radius 2 is 1.72 bits per heavy atom. The molecule has 0 fully saturated rings. The molecule has 0 saturated heterocycles. The zero-order chi connectivity index (χ0) is 18.2. The number of ether oxygens (including phenoxy) is 2. The molecule has 2 aromatic rings. The zero-order valence-electron chi connectivity index (χ0n) is 13.9. The molecule has 6 nitrogen and oxygen atoms in total. The van der Waals surface area contributed by atoms with Gasteiger partial charge in [-0.1, -0.05) is 0 Å². The number of carbonyl (C=O) groups excluding carboxylic acids is 1. The van der Waals surface area contributed by atoms with Gasteiger partial charge in [0.1, 0.15) is 0 Å². The summed E-state index contributed by atoms with van der Waals surface area (Å²) in [5.74, 6) is 0.472. The normalized spacial score (nSPS) is 10.9. The van der Waals surface area contributed by atoms with Crippen LogP contribution in [0.3, 0.4) is 0 Å². The molecular formula is C19H17N3O3. The smallest absolute Gasteiger partial charge is 0.265 e. The average Bonchev–Trinajstić information content (AvgIpc) is 2.63. The van der Waals surface area contributed by atoms with Crippen LogP contribution in [0.5, 0.6) is 11.5 Å². The maximum Gasteiger partial charge on any atom is 0.265 e. The van der Waals surface area contributed by atoms with Crippen LogP contribution in [0, 0.1) is 22.7 Å². The van der Waals surface area contributed by atoms with Crippen LogP contribution in [0.15, 0.2) is 42.5 Å². The molecular weight excluding hydrogens is 318 g/mol. The van der Waals surface area contributed by atoms with E-state index in [1.54, 1.807) is 49.4 Å². The first-order valence-corrected chi connectivity index (χ1v) is 7.72. The van der Waals surface area contributed by atoms with Crippen molar-refractivity contribution in [3.63, 3.8) is 0 Å². The molecule has 0 aliphatic heterocycles. The monoisotopic (exact) mass is 335 g/mol. The topological polar surface area (TPSA) is 95.1 Å². The van der Waals surface area contributed by atoms with Gasteiger partial charge in [0, 0.05) is 11.8 Å². The van der Waals surface area contributed by atoms with Crippen LogP contribution >= 0.6 is 0 Å². The Hall–Kier alpha value is -3.51. The van der Waals surface area contributed by atoms with Crippen LogP contribution < -0.4 is 14.8 Å². The van der Waals surface area contributed by atoms with Gasteiger partial charge in [-0.05, 0) is 50.2 Å². The minimum absolute atomic E-state index is 0.337. The Bertz CT molecular complexity index is 832. The lowest BCUT2D eigenvalue weighted by atomic mass is 10.2. The molecule has 2 rings (SSSR count). The number of rotatable bonds is 6. The average molecular weight is 335 g/mol. The number of anilines is 1. The molecule has 0 heterocycles. The van der Waals surface area contributed by atoms with E-state index in [0.29, 0.717) is 34.9 Å². The molecule has 0 unspecified atom stereocenters. The zero-order valence-corrected chi connectivity index (χ0v) is 13.9. The predicted octanol–water partition coefficient (Wildman–Crippen LogP) is 3.23. The number of benzene rings is 2. The van der Waals surface area contributed by atoms with Crippen molar-refractivity contribution in [3.05, 3.63) is 53.6 Å². The summed E-state index contributed by atoms with van der Waals surface area (Å²) in [5, 5.41) is 20.5. The maximum atomic E-state index is 12.3. The van der Waals surface area contributed by atoms with Gasteiger partial charge in [-0.15, -0.1) is 0 Å². The fourth-order valence-corrected chi connectivity index (χ4v) is 2.06. The fourth-order valence-electron chi connectivity index (χ4n) is 2.06. The molecule has 25 heavy (non-hydrogen) atoms. The Morgan fingerprint density at radius 3 is 2.32 bits per heavy atom. The first-order chi connectivity index (χ1) is 12.1. The third-order valence-corrected chi connectivity index (χ3v) is 3.33. The summed E-state index contributed by atoms with van der Waals surface area (Å²) in [7, 11) is 0. The molecule has 126 valence electrons. The van der Waals surface area contributed by atoms with Crippen LogP contribution in [0.25, 0.3) is 0 Å². The maximum absolute atomic E-state index is 12.3. The minimum atomic E-state index is -0.775. The van der Waals surface area contributed by atoms with Gasteiger partial charge in [0.2, 0.25) is 0 Å². The van der Waals surface area contributed by atoms with E-state index in [0.717, 1.165) is 0 Å². The van der Waals surface area contributed by atoms with Crippen molar-refractivity contribution < 1.29 is 14.3 Å². The quantitative estimate of drug-likeness (QED) is 0.874. The van der Waals surface area contributed by atoms with Gasteiger partial charge in [0.05, 0.1) is 29.9 Å². The van der Waals surface area contributed by atoms with Crippen molar-refractivity contribution in [3.8, 4) is 23.6 Å². The van der Waals surface area contributed by atoms with Crippen LogP contribution in [0.1, 0.15) is 25.0 Å². The van der Waals surface area contributed by atoms with Gasteiger partial charge in [0.25, 0.3) is 5.91 Å². The lowest BCUT2D eigenvalue weighted by molar-refractivity contribution is -0.122. The Kier molecular flexibility index (Phi) is 5.97. The molecule has 0 radical (unpaired) electrons. The summed E-state index contributed by atoms with van der Waals surface area (Å²) in [6.45, 7) is 3.85. The Balaban J connectivity index is 2.07. The van der Waals surface area contributed by atoms with Crippen LogP contribution in [-0.4, -0.2) is 18.6 Å². The van der Waals surface area contributed by atoms with E-state index in [9.17, 15) is 4.79 Å². The summed E-state index contributed by atoms with van der Waals surface area (Å²) < 4.78 is 11.1. The molecule has 1 N–H and O–H groups in total. The standard InChI is InChI=1S/C19H17N3O3/c1-3-24-18-10-15(12-21)6-9-17(18)25-13(2)19(23)22-16-7-4-14(11-20)5-8-16/h4-10,13H,3H2,1-2H3,(H,22,23)/t13-/m1/s1. The van der Waals surface area contributed by atoms with Gasteiger partial charge in [-0.25, -0.2) is 0 Å². The second-order valence-corrected chi connectivity index (χ2v) is 5.14. The highest BCUT2D eigenvalue weighted by Crippen LogP contribution is 2.29. The van der Waals surface area contributed by atoms with Crippen molar-refractivity contribution in [2.75, 3.05) is 11.9 Å². The first kappa shape index (κ1) is 17.8. The summed E-state index contributed by atoms with van der Waals surface area (Å²) in [4.78, 5) is 12.3. The summed E-state index contributed by atoms with van der Waals surface area (Å²) in [6, 6.07) is 15.4. The molecule has 2 aromatic carbocycles. The molecule has 0 bridgehead atoms. The van der Waals surface area contributed by atoms with Gasteiger partial charge < -0.3 is 14.8 Å². The van der Waals surface area contributed by atoms with E-state index in [4.69, 9.17) is 20.0 Å². The number of nitriles is 2. The number of amides is 1. The fraction of sp³-hybridized carbons (Fsp3) is 0.211. The van der Waals surface area contributed by atoms with Crippen molar-refractivity contribution in [2.45, 2.75) is 20.0 Å². The number of hydrogen-bond donors (Lipinski definition) is 1. The number of nitrogens with one attached hydrogen (secondary N) is 1. The molecule has 0 aromatic heterocycles. The van der Waals surface area contributed by atoms with Crippen molar-refractivity contribution in [2.24, 2.45) is 0 Å². The third-order valence-electron chi connectivity index (χ3n) is 3.33. The highest BCUT2D eigenvalue weighted by atomic mass is 16.5. The molecule has 1 amide bonds. The molecule has 0 saturated carbocycles. The summed E-state index contributed by atoms with van der Waals surface area (Å²) >= 11 is 0. The highest BCUT2D eigenvalue weighted by Gasteiger charge is 2.17. The third kappa shape index (κ3) is 4.73. The van der Waals surface area contributed by atoms with Gasteiger partial charge in [-0.2, -0.15) is 10.5 Å². The van der Waals surface area contributed by atoms with Gasteiger partial charge in [-0.3, -0.25) is 4.79 Å². The molecule has 6 heteroatoms. The summed E-state index contributed by atoms with van der Waals surface area (Å²) in [5.41, 5.74) is 1.54. The lowest BCUT2D eigenvalue weighted by Gasteiger charge is -2.17. The van der Waals surface area contributed by atoms with Gasteiger partial charge >= 0.3 is 0 Å². The van der Waals surface area contributed by atoms with E-state index in [2.05, 4.69) is 5.32 Å². The Labute approximate surface area is 146 Å². The van der Waals surface area contributed by atoms with E-state index < -0.39 is 6.10 Å². The van der Waals surface area contributed by atoms with Crippen molar-refractivity contribution >= 4 is 11.6 Å². The van der Waals surface area contributed by atoms with E-state index in [1.807, 2.05) is 19.1 Å². The van der Waals surface area contributed by atoms with Gasteiger partial charge in [0.15, 0.2) is 17.6 Å². The van der Waals surface area contributed by atoms with E-state index in [-0.39, 0.29) is 5.91 Å². The lowest BCUT2D eigenvalue weighted by Crippen LogP contribution is -2.30. The predicted molar refractivity (Wildman–Crippen MR) is 92.2 cm³/mol. The SMILES string of the molecule is CCOc1cc(C#N)ccc1O[C@H](C)C(=O)Nc1ccc(C#N)cc1. The highest BCUT2D eigenvalue weighted by molar-refractivity contribution is 5.94. The second-order valence-electron chi connectivity index (χ2n) is 5.14. The van der Waals surface area contributed by atoms with E-state index in [1.165, 1.54) is 0 Å². The van der Waals surface area contributed by atoms with Crippen molar-refractivity contribution in [1.29, 1.82) is 10.5 Å².